The van der Waals surface area contributed by atoms with Gasteiger partial charge in [0.2, 0.25) is 5.91 Å². The largest absolute Gasteiger partial charge is 0.398 e. The monoisotopic (exact) mass is 247 g/mol. The molecule has 1 aromatic carbocycles. The van der Waals surface area contributed by atoms with Crippen LogP contribution >= 0.6 is 0 Å². The number of hydrogen-bond donors (Lipinski definition) is 2. The topological polar surface area (TPSA) is 89.4 Å². The highest BCUT2D eigenvalue weighted by Crippen LogP contribution is 2.26. The van der Waals surface area contributed by atoms with E-state index in [0.29, 0.717) is 17.8 Å². The molecule has 1 fully saturated rings. The molecule has 1 aromatic rings. The van der Waals surface area contributed by atoms with E-state index in [4.69, 9.17) is 11.5 Å². The van der Waals surface area contributed by atoms with Crippen LogP contribution in [0.3, 0.4) is 0 Å². The second kappa shape index (κ2) is 4.68. The number of carbonyl (C=O) groups excluding carboxylic acids is 2. The van der Waals surface area contributed by atoms with Crippen LogP contribution in [0.2, 0.25) is 0 Å². The van der Waals surface area contributed by atoms with Crippen LogP contribution in [0.5, 0.6) is 0 Å². The molecule has 1 saturated heterocycles. The van der Waals surface area contributed by atoms with Crippen LogP contribution in [0.15, 0.2) is 18.2 Å². The highest BCUT2D eigenvalue weighted by molar-refractivity contribution is 6.00. The third-order valence-electron chi connectivity index (χ3n) is 3.37. The molecule has 1 unspecified atom stereocenters. The molecular weight excluding hydrogens is 230 g/mol. The molecule has 5 heteroatoms. The van der Waals surface area contributed by atoms with E-state index in [1.807, 2.05) is 6.07 Å². The molecule has 0 saturated carbocycles. The van der Waals surface area contributed by atoms with Gasteiger partial charge < -0.3 is 16.4 Å². The number of primary amides is 1. The van der Waals surface area contributed by atoms with E-state index in [9.17, 15) is 9.59 Å². The summed E-state index contributed by atoms with van der Waals surface area (Å²) in [7, 11) is 0. The van der Waals surface area contributed by atoms with Gasteiger partial charge in [0.05, 0.1) is 5.92 Å². The molecule has 4 N–H and O–H groups in total. The Hall–Kier alpha value is -2.04. The number of Topliss-reactive ketones (excluding diaryl/α,β-unsaturated/α-hetero) is 1. The first-order chi connectivity index (χ1) is 8.49. The Bertz CT molecular complexity index is 499. The third kappa shape index (κ3) is 2.30. The van der Waals surface area contributed by atoms with Crippen molar-refractivity contribution in [2.24, 2.45) is 11.7 Å². The fourth-order valence-electron chi connectivity index (χ4n) is 2.27. The van der Waals surface area contributed by atoms with Gasteiger partial charge in [0.15, 0.2) is 5.78 Å². The molecule has 0 spiro atoms. The number of ketones is 1. The molecule has 1 aliphatic heterocycles. The Labute approximate surface area is 106 Å². The molecule has 5 nitrogen and oxygen atoms in total. The second-order valence-electron chi connectivity index (χ2n) is 4.66. The minimum absolute atomic E-state index is 0.0556. The third-order valence-corrected chi connectivity index (χ3v) is 3.37. The summed E-state index contributed by atoms with van der Waals surface area (Å²) >= 11 is 0. The maximum Gasteiger partial charge on any atom is 0.222 e. The van der Waals surface area contributed by atoms with Crippen molar-refractivity contribution in [2.75, 3.05) is 23.7 Å². The summed E-state index contributed by atoms with van der Waals surface area (Å²) in [4.78, 5) is 24.6. The highest BCUT2D eigenvalue weighted by Gasteiger charge is 2.27. The van der Waals surface area contributed by atoms with Gasteiger partial charge in [-0.05, 0) is 31.5 Å². The van der Waals surface area contributed by atoms with Crippen LogP contribution in [0.4, 0.5) is 11.4 Å². The predicted octanol–water partition coefficient (Wildman–Crippen LogP) is 0.783. The molecule has 1 amide bonds. The fraction of sp³-hybridized carbons (Fsp3) is 0.385. The van der Waals surface area contributed by atoms with E-state index in [1.165, 1.54) is 6.92 Å². The molecule has 2 rings (SSSR count). The summed E-state index contributed by atoms with van der Waals surface area (Å²) in [6.45, 7) is 2.87. The summed E-state index contributed by atoms with van der Waals surface area (Å²) in [5.41, 5.74) is 13.0. The zero-order chi connectivity index (χ0) is 13.3. The molecule has 1 atom stereocenters. The summed E-state index contributed by atoms with van der Waals surface area (Å²) in [5, 5.41) is 0. The van der Waals surface area contributed by atoms with Crippen molar-refractivity contribution in [3.8, 4) is 0 Å². The summed E-state index contributed by atoms with van der Waals surface area (Å²) in [5.74, 6) is -0.428. The minimum Gasteiger partial charge on any atom is -0.398 e. The van der Waals surface area contributed by atoms with E-state index >= 15 is 0 Å². The van der Waals surface area contributed by atoms with Crippen LogP contribution in [-0.4, -0.2) is 24.8 Å². The average Bonchev–Trinajstić information content (AvgIpc) is 2.78. The molecule has 18 heavy (non-hydrogen) atoms. The quantitative estimate of drug-likeness (QED) is 0.610. The van der Waals surface area contributed by atoms with E-state index in [-0.39, 0.29) is 17.6 Å². The molecule has 96 valence electrons. The maximum absolute atomic E-state index is 11.4. The molecule has 0 aliphatic carbocycles. The molecule has 1 heterocycles. The van der Waals surface area contributed by atoms with Gasteiger partial charge in [-0.3, -0.25) is 9.59 Å². The lowest BCUT2D eigenvalue weighted by molar-refractivity contribution is -0.121. The van der Waals surface area contributed by atoms with E-state index in [1.54, 1.807) is 12.1 Å². The Kier molecular flexibility index (Phi) is 3.23. The van der Waals surface area contributed by atoms with Crippen LogP contribution < -0.4 is 16.4 Å². The fourth-order valence-corrected chi connectivity index (χ4v) is 2.27. The van der Waals surface area contributed by atoms with Gasteiger partial charge in [0.25, 0.3) is 0 Å². The number of benzene rings is 1. The summed E-state index contributed by atoms with van der Waals surface area (Å²) in [6.07, 6.45) is 0.759. The number of hydrogen-bond acceptors (Lipinski definition) is 4. The standard InChI is InChI=1S/C13H17N3O2/c1-8(17)11-6-10(2-3-12(11)14)16-5-4-9(7-16)13(15)18/h2-3,6,9H,4-5,7,14H2,1H3,(H2,15,18). The lowest BCUT2D eigenvalue weighted by Gasteiger charge is -2.19. The molecule has 0 radical (unpaired) electrons. The second-order valence-corrected chi connectivity index (χ2v) is 4.66. The smallest absolute Gasteiger partial charge is 0.222 e. The van der Waals surface area contributed by atoms with Crippen LogP contribution in [-0.2, 0) is 4.79 Å². The summed E-state index contributed by atoms with van der Waals surface area (Å²) < 4.78 is 0. The molecular formula is C13H17N3O2. The first kappa shape index (κ1) is 12.4. The van der Waals surface area contributed by atoms with Crippen LogP contribution in [0, 0.1) is 5.92 Å². The predicted molar refractivity (Wildman–Crippen MR) is 70.4 cm³/mol. The van der Waals surface area contributed by atoms with E-state index in [2.05, 4.69) is 4.90 Å². The van der Waals surface area contributed by atoms with Gasteiger partial charge in [-0.25, -0.2) is 0 Å². The molecule has 0 aromatic heterocycles. The number of nitrogen functional groups attached to an aromatic ring is 1. The van der Waals surface area contributed by atoms with Crippen molar-refractivity contribution in [1.29, 1.82) is 0 Å². The van der Waals surface area contributed by atoms with Crippen molar-refractivity contribution in [3.05, 3.63) is 23.8 Å². The van der Waals surface area contributed by atoms with Crippen molar-refractivity contribution >= 4 is 23.1 Å². The Morgan fingerprint density at radius 1 is 1.39 bits per heavy atom. The first-order valence-corrected chi connectivity index (χ1v) is 5.93. The first-order valence-electron chi connectivity index (χ1n) is 5.93. The van der Waals surface area contributed by atoms with Crippen molar-refractivity contribution in [2.45, 2.75) is 13.3 Å². The minimum atomic E-state index is -0.264. The van der Waals surface area contributed by atoms with E-state index < -0.39 is 0 Å². The van der Waals surface area contributed by atoms with Gasteiger partial charge in [0.1, 0.15) is 0 Å². The number of carbonyl (C=O) groups is 2. The van der Waals surface area contributed by atoms with Crippen molar-refractivity contribution in [1.82, 2.24) is 0 Å². The van der Waals surface area contributed by atoms with Gasteiger partial charge >= 0.3 is 0 Å². The van der Waals surface area contributed by atoms with Gasteiger partial charge in [0, 0.05) is 30.0 Å². The maximum atomic E-state index is 11.4. The zero-order valence-electron chi connectivity index (χ0n) is 10.3. The lowest BCUT2D eigenvalue weighted by Crippen LogP contribution is -2.27. The van der Waals surface area contributed by atoms with Crippen LogP contribution in [0.25, 0.3) is 0 Å². The number of nitrogens with zero attached hydrogens (tertiary/aromatic N) is 1. The number of rotatable bonds is 3. The number of amides is 1. The Morgan fingerprint density at radius 2 is 2.11 bits per heavy atom. The molecule has 0 bridgehead atoms. The van der Waals surface area contributed by atoms with Crippen LogP contribution in [0.1, 0.15) is 23.7 Å². The van der Waals surface area contributed by atoms with Gasteiger partial charge in [-0.1, -0.05) is 0 Å². The van der Waals surface area contributed by atoms with Gasteiger partial charge in [-0.2, -0.15) is 0 Å². The molecule has 1 aliphatic rings. The number of anilines is 2. The van der Waals surface area contributed by atoms with Gasteiger partial charge in [-0.15, -0.1) is 0 Å². The average molecular weight is 247 g/mol. The zero-order valence-corrected chi connectivity index (χ0v) is 10.3. The number of nitrogens with two attached hydrogens (primary N) is 2. The summed E-state index contributed by atoms with van der Waals surface area (Å²) in [6, 6.07) is 5.37. The Morgan fingerprint density at radius 3 is 2.67 bits per heavy atom. The SMILES string of the molecule is CC(=O)c1cc(N2CCC(C(N)=O)C2)ccc1N. The highest BCUT2D eigenvalue weighted by atomic mass is 16.1. The Balaban J connectivity index is 2.22. The van der Waals surface area contributed by atoms with Crippen molar-refractivity contribution in [3.63, 3.8) is 0 Å². The van der Waals surface area contributed by atoms with E-state index in [0.717, 1.165) is 18.7 Å². The normalized spacial score (nSPS) is 18.9. The van der Waals surface area contributed by atoms with Crippen molar-refractivity contribution < 1.29 is 9.59 Å². The lowest BCUT2D eigenvalue weighted by atomic mass is 10.1.